The van der Waals surface area contributed by atoms with Gasteiger partial charge in [-0.1, -0.05) is 6.07 Å². The van der Waals surface area contributed by atoms with Gasteiger partial charge in [-0.25, -0.2) is 0 Å². The summed E-state index contributed by atoms with van der Waals surface area (Å²) < 4.78 is 0. The summed E-state index contributed by atoms with van der Waals surface area (Å²) in [5.41, 5.74) is 5.84. The van der Waals surface area contributed by atoms with Crippen LogP contribution in [0.3, 0.4) is 0 Å². The number of hydrogen-bond acceptors (Lipinski definition) is 3. The third-order valence-corrected chi connectivity index (χ3v) is 1.25. The Morgan fingerprint density at radius 1 is 1.60 bits per heavy atom. The molecule has 0 amide bonds. The van der Waals surface area contributed by atoms with Crippen LogP contribution in [0.1, 0.15) is 11.8 Å². The molecule has 0 fully saturated rings. The van der Waals surface area contributed by atoms with Crippen LogP contribution in [0.2, 0.25) is 0 Å². The van der Waals surface area contributed by atoms with E-state index < -0.39 is 6.10 Å². The smallest absolute Gasteiger partial charge is 0.108 e. The van der Waals surface area contributed by atoms with Gasteiger partial charge in [0.15, 0.2) is 0 Å². The largest absolute Gasteiger partial charge is 0.385 e. The molecule has 1 heterocycles. The Labute approximate surface area is 59.5 Å². The second-order valence-corrected chi connectivity index (χ2v) is 2.01. The highest BCUT2D eigenvalue weighted by molar-refractivity contribution is 5.06. The fraction of sp³-hybridized carbons (Fsp3) is 0.286. The highest BCUT2D eigenvalue weighted by Gasteiger charge is 2.03. The van der Waals surface area contributed by atoms with Crippen LogP contribution in [0, 0.1) is 0 Å². The quantitative estimate of drug-likeness (QED) is 0.608. The van der Waals surface area contributed by atoms with Crippen molar-refractivity contribution in [2.24, 2.45) is 5.73 Å². The van der Waals surface area contributed by atoms with Gasteiger partial charge in [0.2, 0.25) is 0 Å². The van der Waals surface area contributed by atoms with Crippen LogP contribution < -0.4 is 5.73 Å². The fourth-order valence-electron chi connectivity index (χ4n) is 0.694. The second-order valence-electron chi connectivity index (χ2n) is 2.01. The molecule has 0 radical (unpaired) electrons. The van der Waals surface area contributed by atoms with Crippen LogP contribution in [-0.4, -0.2) is 16.6 Å². The molecular formula is C7H10N2O. The average molecular weight is 138 g/mol. The molecule has 0 aliphatic heterocycles. The van der Waals surface area contributed by atoms with Crippen molar-refractivity contribution in [3.63, 3.8) is 0 Å². The number of hydrogen-bond donors (Lipinski definition) is 2. The molecule has 0 saturated carbocycles. The van der Waals surface area contributed by atoms with Crippen molar-refractivity contribution in [3.05, 3.63) is 30.1 Å². The number of rotatable bonds is 2. The number of aliphatic hydroxyl groups is 1. The van der Waals surface area contributed by atoms with Crippen molar-refractivity contribution < 1.29 is 5.11 Å². The predicted molar refractivity (Wildman–Crippen MR) is 38.3 cm³/mol. The molecule has 0 unspecified atom stereocenters. The molecule has 1 atom stereocenters. The van der Waals surface area contributed by atoms with E-state index in [1.165, 1.54) is 0 Å². The molecule has 0 aliphatic carbocycles. The summed E-state index contributed by atoms with van der Waals surface area (Å²) >= 11 is 0. The van der Waals surface area contributed by atoms with E-state index >= 15 is 0 Å². The Balaban J connectivity index is 2.75. The molecule has 1 rings (SSSR count). The zero-order valence-electron chi connectivity index (χ0n) is 5.57. The number of nitrogens with two attached hydrogens (primary N) is 1. The molecule has 3 heteroatoms. The van der Waals surface area contributed by atoms with Crippen molar-refractivity contribution in [2.75, 3.05) is 6.54 Å². The first-order chi connectivity index (χ1) is 4.84. The van der Waals surface area contributed by atoms with Crippen LogP contribution in [0.25, 0.3) is 0 Å². The van der Waals surface area contributed by atoms with Crippen LogP contribution in [0.15, 0.2) is 24.4 Å². The second kappa shape index (κ2) is 3.29. The van der Waals surface area contributed by atoms with Gasteiger partial charge in [-0.15, -0.1) is 0 Å². The maximum atomic E-state index is 9.14. The first-order valence-corrected chi connectivity index (χ1v) is 3.13. The lowest BCUT2D eigenvalue weighted by Crippen LogP contribution is -2.12. The zero-order chi connectivity index (χ0) is 7.40. The molecule has 0 bridgehead atoms. The molecule has 0 saturated heterocycles. The molecule has 1 aromatic rings. The van der Waals surface area contributed by atoms with E-state index in [1.54, 1.807) is 18.3 Å². The summed E-state index contributed by atoms with van der Waals surface area (Å²) in [5.74, 6) is 0. The molecule has 54 valence electrons. The number of nitrogens with zero attached hydrogens (tertiary/aromatic N) is 1. The lowest BCUT2D eigenvalue weighted by atomic mass is 10.2. The van der Waals surface area contributed by atoms with E-state index in [1.807, 2.05) is 6.07 Å². The highest BCUT2D eigenvalue weighted by Crippen LogP contribution is 2.05. The van der Waals surface area contributed by atoms with Crippen molar-refractivity contribution in [1.29, 1.82) is 0 Å². The van der Waals surface area contributed by atoms with Crippen molar-refractivity contribution in [1.82, 2.24) is 4.98 Å². The molecule has 3 N–H and O–H groups in total. The maximum absolute atomic E-state index is 9.14. The summed E-state index contributed by atoms with van der Waals surface area (Å²) in [6, 6.07) is 5.37. The average Bonchev–Trinajstić information content (AvgIpc) is 2.05. The van der Waals surface area contributed by atoms with E-state index in [-0.39, 0.29) is 6.54 Å². The van der Waals surface area contributed by atoms with Gasteiger partial charge in [-0.3, -0.25) is 4.98 Å². The molecule has 1 aromatic heterocycles. The molecule has 0 aromatic carbocycles. The summed E-state index contributed by atoms with van der Waals surface area (Å²) in [6.07, 6.45) is 1.01. The first-order valence-electron chi connectivity index (χ1n) is 3.13. The van der Waals surface area contributed by atoms with E-state index in [9.17, 15) is 0 Å². The Kier molecular flexibility index (Phi) is 2.36. The minimum absolute atomic E-state index is 0.219. The van der Waals surface area contributed by atoms with Crippen LogP contribution in [-0.2, 0) is 0 Å². The summed E-state index contributed by atoms with van der Waals surface area (Å²) in [4.78, 5) is 3.92. The Morgan fingerprint density at radius 2 is 2.40 bits per heavy atom. The van der Waals surface area contributed by atoms with Crippen molar-refractivity contribution in [3.8, 4) is 0 Å². The number of aliphatic hydroxyl groups excluding tert-OH is 1. The lowest BCUT2D eigenvalue weighted by molar-refractivity contribution is 0.182. The molecule has 10 heavy (non-hydrogen) atoms. The van der Waals surface area contributed by atoms with Crippen molar-refractivity contribution >= 4 is 0 Å². The van der Waals surface area contributed by atoms with Gasteiger partial charge in [0, 0.05) is 12.7 Å². The number of pyridine rings is 1. The monoisotopic (exact) mass is 138 g/mol. The van der Waals surface area contributed by atoms with Gasteiger partial charge in [-0.2, -0.15) is 0 Å². The summed E-state index contributed by atoms with van der Waals surface area (Å²) in [5, 5.41) is 9.14. The molecular weight excluding hydrogens is 128 g/mol. The minimum atomic E-state index is -0.624. The standard InChI is InChI=1S/C7H10N2O/c8-5-7(10)6-3-1-2-4-9-6/h1-4,7,10H,5,8H2/t7-/m1/s1. The van der Waals surface area contributed by atoms with Gasteiger partial charge < -0.3 is 10.8 Å². The molecule has 3 nitrogen and oxygen atoms in total. The van der Waals surface area contributed by atoms with Crippen molar-refractivity contribution in [2.45, 2.75) is 6.10 Å². The Bertz CT molecular complexity index is 188. The third-order valence-electron chi connectivity index (χ3n) is 1.25. The number of aromatic nitrogens is 1. The minimum Gasteiger partial charge on any atom is -0.385 e. The van der Waals surface area contributed by atoms with Crippen LogP contribution in [0.4, 0.5) is 0 Å². The van der Waals surface area contributed by atoms with E-state index in [0.29, 0.717) is 5.69 Å². The van der Waals surface area contributed by atoms with Gasteiger partial charge in [-0.05, 0) is 12.1 Å². The van der Waals surface area contributed by atoms with E-state index in [4.69, 9.17) is 10.8 Å². The third kappa shape index (κ3) is 1.52. The van der Waals surface area contributed by atoms with E-state index in [2.05, 4.69) is 4.98 Å². The molecule has 0 aliphatic rings. The Morgan fingerprint density at radius 3 is 2.90 bits per heavy atom. The van der Waals surface area contributed by atoms with E-state index in [0.717, 1.165) is 0 Å². The van der Waals surface area contributed by atoms with Gasteiger partial charge in [0.25, 0.3) is 0 Å². The van der Waals surface area contributed by atoms with Gasteiger partial charge in [0.05, 0.1) is 5.69 Å². The fourth-order valence-corrected chi connectivity index (χ4v) is 0.694. The summed E-state index contributed by atoms with van der Waals surface area (Å²) in [6.45, 7) is 0.219. The SMILES string of the molecule is NC[C@@H](O)c1ccccn1. The van der Waals surface area contributed by atoms with Gasteiger partial charge in [0.1, 0.15) is 6.10 Å². The normalized spacial score (nSPS) is 13.0. The summed E-state index contributed by atoms with van der Waals surface area (Å²) in [7, 11) is 0. The first kappa shape index (κ1) is 7.18. The maximum Gasteiger partial charge on any atom is 0.108 e. The highest BCUT2D eigenvalue weighted by atomic mass is 16.3. The molecule has 0 spiro atoms. The van der Waals surface area contributed by atoms with Crippen LogP contribution >= 0.6 is 0 Å². The Hall–Kier alpha value is -0.930. The predicted octanol–water partition coefficient (Wildman–Crippen LogP) is 0.0737. The lowest BCUT2D eigenvalue weighted by Gasteiger charge is -2.04. The van der Waals surface area contributed by atoms with Crippen LogP contribution in [0.5, 0.6) is 0 Å². The zero-order valence-corrected chi connectivity index (χ0v) is 5.57. The topological polar surface area (TPSA) is 59.1 Å². The van der Waals surface area contributed by atoms with Gasteiger partial charge >= 0.3 is 0 Å².